The van der Waals surface area contributed by atoms with Crippen LogP contribution in [0, 0.1) is 6.92 Å². The van der Waals surface area contributed by atoms with E-state index in [-0.39, 0.29) is 0 Å². The fourth-order valence-electron chi connectivity index (χ4n) is 2.78. The van der Waals surface area contributed by atoms with Gasteiger partial charge in [0.2, 0.25) is 0 Å². The summed E-state index contributed by atoms with van der Waals surface area (Å²) in [5.41, 5.74) is 4.20. The molecular weight excluding hydrogens is 254 g/mol. The summed E-state index contributed by atoms with van der Waals surface area (Å²) >= 11 is 0. The second-order valence-electron chi connectivity index (χ2n) is 5.14. The zero-order valence-corrected chi connectivity index (χ0v) is 11.8. The molecule has 1 N–H and O–H groups in total. The minimum Gasteiger partial charge on any atom is -0.487 e. The van der Waals surface area contributed by atoms with Crippen LogP contribution >= 0.6 is 0 Å². The third-order valence-corrected chi connectivity index (χ3v) is 3.92. The van der Waals surface area contributed by atoms with Crippen LogP contribution in [0.2, 0.25) is 0 Å². The summed E-state index contributed by atoms with van der Waals surface area (Å²) in [6.45, 7) is 2.27. The number of aromatic nitrogens is 2. The molecule has 1 aliphatic rings. The van der Waals surface area contributed by atoms with E-state index in [0.29, 0.717) is 12.6 Å². The SMILES string of the molecule is CNC1CCCc2c(OCc3nonc3C)cccc21. The third kappa shape index (κ3) is 2.41. The van der Waals surface area contributed by atoms with Crippen molar-refractivity contribution in [3.05, 3.63) is 40.7 Å². The van der Waals surface area contributed by atoms with Crippen LogP contribution in [0.25, 0.3) is 0 Å². The molecule has 5 heteroatoms. The summed E-state index contributed by atoms with van der Waals surface area (Å²) in [6.07, 6.45) is 3.43. The van der Waals surface area contributed by atoms with Crippen molar-refractivity contribution in [1.29, 1.82) is 0 Å². The molecule has 0 radical (unpaired) electrons. The maximum Gasteiger partial charge on any atom is 0.145 e. The Kier molecular flexibility index (Phi) is 3.69. The van der Waals surface area contributed by atoms with Crippen molar-refractivity contribution in [3.8, 4) is 5.75 Å². The highest BCUT2D eigenvalue weighted by Gasteiger charge is 2.21. The lowest BCUT2D eigenvalue weighted by atomic mass is 9.87. The Bertz CT molecular complexity index is 595. The lowest BCUT2D eigenvalue weighted by molar-refractivity contribution is 0.267. The van der Waals surface area contributed by atoms with Crippen LogP contribution in [-0.2, 0) is 13.0 Å². The molecular formula is C15H19N3O2. The molecule has 106 valence electrons. The fourth-order valence-corrected chi connectivity index (χ4v) is 2.78. The van der Waals surface area contributed by atoms with Crippen LogP contribution in [0.15, 0.2) is 22.8 Å². The standard InChI is InChI=1S/C15H19N3O2/c1-10-14(18-20-17-10)9-19-15-8-4-5-11-12(15)6-3-7-13(11)16-2/h4-5,8,13,16H,3,6-7,9H2,1-2H3. The minimum atomic E-state index is 0.399. The Hall–Kier alpha value is -1.88. The predicted octanol–water partition coefficient (Wildman–Crippen LogP) is 2.55. The van der Waals surface area contributed by atoms with Crippen LogP contribution in [0.4, 0.5) is 0 Å². The highest BCUT2D eigenvalue weighted by Crippen LogP contribution is 2.35. The number of benzene rings is 1. The predicted molar refractivity (Wildman–Crippen MR) is 74.5 cm³/mol. The number of nitrogens with zero attached hydrogens (tertiary/aromatic N) is 2. The second kappa shape index (κ2) is 5.63. The summed E-state index contributed by atoms with van der Waals surface area (Å²) < 4.78 is 10.6. The highest BCUT2D eigenvalue weighted by molar-refractivity contribution is 5.43. The number of hydrogen-bond acceptors (Lipinski definition) is 5. The van der Waals surface area contributed by atoms with E-state index in [1.807, 2.05) is 20.0 Å². The number of fused-ring (bicyclic) bond motifs is 1. The normalized spacial score (nSPS) is 17.8. The molecule has 2 aromatic rings. The number of hydrogen-bond donors (Lipinski definition) is 1. The van der Waals surface area contributed by atoms with E-state index in [1.54, 1.807) is 0 Å². The van der Waals surface area contributed by atoms with Gasteiger partial charge in [0.25, 0.3) is 0 Å². The average Bonchev–Trinajstić information content (AvgIpc) is 2.89. The van der Waals surface area contributed by atoms with Crippen LogP contribution in [-0.4, -0.2) is 17.4 Å². The first-order valence-electron chi connectivity index (χ1n) is 6.99. The molecule has 0 fully saturated rings. The maximum atomic E-state index is 5.93. The Morgan fingerprint density at radius 3 is 3.05 bits per heavy atom. The van der Waals surface area contributed by atoms with Gasteiger partial charge in [-0.05, 0) is 50.4 Å². The van der Waals surface area contributed by atoms with Gasteiger partial charge in [-0.25, -0.2) is 4.63 Å². The second-order valence-corrected chi connectivity index (χ2v) is 5.14. The van der Waals surface area contributed by atoms with Crippen LogP contribution < -0.4 is 10.1 Å². The highest BCUT2D eigenvalue weighted by atomic mass is 16.6. The molecule has 0 amide bonds. The van der Waals surface area contributed by atoms with E-state index in [4.69, 9.17) is 9.37 Å². The van der Waals surface area contributed by atoms with Gasteiger partial charge in [-0.2, -0.15) is 0 Å². The van der Waals surface area contributed by atoms with E-state index >= 15 is 0 Å². The molecule has 3 rings (SSSR count). The Balaban J connectivity index is 1.82. The largest absolute Gasteiger partial charge is 0.487 e. The van der Waals surface area contributed by atoms with E-state index in [9.17, 15) is 0 Å². The van der Waals surface area contributed by atoms with E-state index < -0.39 is 0 Å². The first-order chi connectivity index (χ1) is 9.79. The van der Waals surface area contributed by atoms with Gasteiger partial charge in [-0.15, -0.1) is 0 Å². The number of rotatable bonds is 4. The Morgan fingerprint density at radius 2 is 2.30 bits per heavy atom. The summed E-state index contributed by atoms with van der Waals surface area (Å²) in [4.78, 5) is 0. The van der Waals surface area contributed by atoms with E-state index in [1.165, 1.54) is 24.0 Å². The first-order valence-corrected chi connectivity index (χ1v) is 6.99. The van der Waals surface area contributed by atoms with Gasteiger partial charge in [0.15, 0.2) is 0 Å². The van der Waals surface area contributed by atoms with Gasteiger partial charge in [-0.3, -0.25) is 0 Å². The van der Waals surface area contributed by atoms with Crippen molar-refractivity contribution in [2.45, 2.75) is 38.8 Å². The van der Waals surface area contributed by atoms with Crippen LogP contribution in [0.5, 0.6) is 5.75 Å². The fraction of sp³-hybridized carbons (Fsp3) is 0.467. The van der Waals surface area contributed by atoms with E-state index in [2.05, 4.69) is 27.8 Å². The lowest BCUT2D eigenvalue weighted by Crippen LogP contribution is -2.22. The Morgan fingerprint density at radius 1 is 1.40 bits per heavy atom. The summed E-state index contributed by atoms with van der Waals surface area (Å²) in [5.74, 6) is 0.949. The lowest BCUT2D eigenvalue weighted by Gasteiger charge is -2.26. The van der Waals surface area contributed by atoms with Crippen molar-refractivity contribution in [3.63, 3.8) is 0 Å². The zero-order valence-electron chi connectivity index (χ0n) is 11.8. The molecule has 0 saturated heterocycles. The average molecular weight is 273 g/mol. The smallest absolute Gasteiger partial charge is 0.145 e. The molecule has 1 aromatic carbocycles. The third-order valence-electron chi connectivity index (χ3n) is 3.92. The molecule has 0 spiro atoms. The van der Waals surface area contributed by atoms with Crippen molar-refractivity contribution in [1.82, 2.24) is 15.6 Å². The van der Waals surface area contributed by atoms with Gasteiger partial charge >= 0.3 is 0 Å². The van der Waals surface area contributed by atoms with Gasteiger partial charge in [0.1, 0.15) is 23.7 Å². The molecule has 1 aliphatic carbocycles. The minimum absolute atomic E-state index is 0.399. The zero-order chi connectivity index (χ0) is 13.9. The molecule has 1 aromatic heterocycles. The number of ether oxygens (including phenoxy) is 1. The van der Waals surface area contributed by atoms with Crippen molar-refractivity contribution >= 4 is 0 Å². The molecule has 1 unspecified atom stereocenters. The van der Waals surface area contributed by atoms with Gasteiger partial charge < -0.3 is 10.1 Å². The molecule has 0 aliphatic heterocycles. The monoisotopic (exact) mass is 273 g/mol. The molecule has 20 heavy (non-hydrogen) atoms. The van der Waals surface area contributed by atoms with Crippen molar-refractivity contribution < 1.29 is 9.37 Å². The summed E-state index contributed by atoms with van der Waals surface area (Å²) in [6, 6.07) is 6.70. The van der Waals surface area contributed by atoms with Gasteiger partial charge in [0.05, 0.1) is 0 Å². The van der Waals surface area contributed by atoms with Crippen LogP contribution in [0.3, 0.4) is 0 Å². The molecule has 5 nitrogen and oxygen atoms in total. The van der Waals surface area contributed by atoms with Crippen molar-refractivity contribution in [2.24, 2.45) is 0 Å². The molecule has 0 bridgehead atoms. The van der Waals surface area contributed by atoms with Gasteiger partial charge in [-0.1, -0.05) is 22.4 Å². The molecule has 1 heterocycles. The topological polar surface area (TPSA) is 60.2 Å². The summed E-state index contributed by atoms with van der Waals surface area (Å²) in [5, 5.41) is 11.0. The molecule has 0 saturated carbocycles. The molecule has 1 atom stereocenters. The van der Waals surface area contributed by atoms with Crippen molar-refractivity contribution in [2.75, 3.05) is 7.05 Å². The van der Waals surface area contributed by atoms with E-state index in [0.717, 1.165) is 23.6 Å². The first kappa shape index (κ1) is 13.1. The number of nitrogens with one attached hydrogen (secondary N) is 1. The number of aryl methyl sites for hydroxylation is 1. The van der Waals surface area contributed by atoms with Crippen LogP contribution in [0.1, 0.15) is 41.4 Å². The van der Waals surface area contributed by atoms with Gasteiger partial charge in [0, 0.05) is 6.04 Å². The summed E-state index contributed by atoms with van der Waals surface area (Å²) in [7, 11) is 2.01. The Labute approximate surface area is 118 Å². The maximum absolute atomic E-state index is 5.93. The quantitative estimate of drug-likeness (QED) is 0.927.